The Hall–Kier alpha value is -2.04. The van der Waals surface area contributed by atoms with Crippen molar-refractivity contribution in [3.05, 3.63) is 35.3 Å². The summed E-state index contributed by atoms with van der Waals surface area (Å²) in [4.78, 5) is 11.7. The molecule has 21 heavy (non-hydrogen) atoms. The lowest BCUT2D eigenvalue weighted by Crippen LogP contribution is -2.39. The number of benzene rings is 1. The van der Waals surface area contributed by atoms with Crippen LogP contribution >= 0.6 is 11.3 Å². The Morgan fingerprint density at radius 3 is 2.57 bits per heavy atom. The largest absolute Gasteiger partial charge is 0.324 e. The highest BCUT2D eigenvalue weighted by Crippen LogP contribution is 2.12. The molecule has 1 aromatic carbocycles. The number of amides is 2. The summed E-state index contributed by atoms with van der Waals surface area (Å²) in [6, 6.07) is 7.31. The number of rotatable bonds is 5. The standard InChI is InChI=1S/C11H13N5O3S2/c1-8-15-16-11(20-8)14-10(17)12-7-13-21(18,19)9-5-3-2-4-6-9/h2-6,13H,7H2,1H3,(H2,12,14,16,17). The molecule has 8 nitrogen and oxygen atoms in total. The van der Waals surface area contributed by atoms with Crippen LogP contribution in [0.4, 0.5) is 9.93 Å². The van der Waals surface area contributed by atoms with Gasteiger partial charge in [0.15, 0.2) is 0 Å². The maximum Gasteiger partial charge on any atom is 0.322 e. The third-order valence-electron chi connectivity index (χ3n) is 2.31. The molecule has 0 bridgehead atoms. The zero-order chi connectivity index (χ0) is 15.3. The SMILES string of the molecule is Cc1nnc(NC(=O)NCNS(=O)(=O)c2ccccc2)s1. The van der Waals surface area contributed by atoms with Crippen molar-refractivity contribution in [2.45, 2.75) is 11.8 Å². The molecule has 0 aliphatic rings. The highest BCUT2D eigenvalue weighted by molar-refractivity contribution is 7.89. The van der Waals surface area contributed by atoms with E-state index in [0.717, 1.165) is 5.01 Å². The fourth-order valence-corrected chi connectivity index (χ4v) is 2.91. The van der Waals surface area contributed by atoms with Gasteiger partial charge in [-0.1, -0.05) is 29.5 Å². The average molecular weight is 327 g/mol. The molecular weight excluding hydrogens is 314 g/mol. The van der Waals surface area contributed by atoms with Gasteiger partial charge in [0, 0.05) is 0 Å². The van der Waals surface area contributed by atoms with E-state index < -0.39 is 16.1 Å². The molecule has 1 heterocycles. The second kappa shape index (κ2) is 6.61. The molecule has 112 valence electrons. The van der Waals surface area contributed by atoms with Gasteiger partial charge in [-0.15, -0.1) is 10.2 Å². The second-order valence-corrected chi connectivity index (χ2v) is 6.84. The van der Waals surface area contributed by atoms with E-state index in [2.05, 4.69) is 25.6 Å². The number of carbonyl (C=O) groups excluding carboxylic acids is 1. The van der Waals surface area contributed by atoms with Crippen molar-refractivity contribution < 1.29 is 13.2 Å². The van der Waals surface area contributed by atoms with Crippen LogP contribution in [0.2, 0.25) is 0 Å². The van der Waals surface area contributed by atoms with E-state index in [9.17, 15) is 13.2 Å². The molecule has 10 heteroatoms. The summed E-state index contributed by atoms with van der Waals surface area (Å²) in [5, 5.41) is 13.3. The van der Waals surface area contributed by atoms with Crippen molar-refractivity contribution in [2.75, 3.05) is 12.0 Å². The second-order valence-electron chi connectivity index (χ2n) is 3.89. The molecule has 0 saturated heterocycles. The van der Waals surface area contributed by atoms with Gasteiger partial charge in [-0.3, -0.25) is 5.32 Å². The summed E-state index contributed by atoms with van der Waals surface area (Å²) in [7, 11) is -3.64. The molecule has 2 rings (SSSR count). The minimum atomic E-state index is -3.64. The van der Waals surface area contributed by atoms with Crippen molar-refractivity contribution >= 4 is 32.5 Å². The third-order valence-corrected chi connectivity index (χ3v) is 4.48. The minimum absolute atomic E-state index is 0.131. The number of hydrogen-bond donors (Lipinski definition) is 3. The number of aryl methyl sites for hydroxylation is 1. The van der Waals surface area contributed by atoms with Gasteiger partial charge in [0.05, 0.1) is 11.6 Å². The number of anilines is 1. The van der Waals surface area contributed by atoms with Gasteiger partial charge in [-0.2, -0.15) is 4.72 Å². The first kappa shape index (κ1) is 15.4. The van der Waals surface area contributed by atoms with Crippen molar-refractivity contribution in [3.8, 4) is 0 Å². The molecule has 0 radical (unpaired) electrons. The number of hydrogen-bond acceptors (Lipinski definition) is 6. The predicted molar refractivity (Wildman–Crippen MR) is 78.4 cm³/mol. The summed E-state index contributed by atoms with van der Waals surface area (Å²) in [6.45, 7) is 1.52. The van der Waals surface area contributed by atoms with Crippen LogP contribution in [0.1, 0.15) is 5.01 Å². The predicted octanol–water partition coefficient (Wildman–Crippen LogP) is 0.904. The summed E-state index contributed by atoms with van der Waals surface area (Å²) in [5.74, 6) is 0. The van der Waals surface area contributed by atoms with Gasteiger partial charge in [0.1, 0.15) is 5.01 Å². The molecule has 1 aromatic heterocycles. The van der Waals surface area contributed by atoms with Crippen LogP contribution < -0.4 is 15.4 Å². The van der Waals surface area contributed by atoms with Crippen LogP contribution in [0.15, 0.2) is 35.2 Å². The number of carbonyl (C=O) groups is 1. The van der Waals surface area contributed by atoms with Crippen LogP contribution in [0, 0.1) is 6.92 Å². The molecule has 2 amide bonds. The first-order chi connectivity index (χ1) is 9.97. The molecule has 3 N–H and O–H groups in total. The maximum atomic E-state index is 11.9. The fraction of sp³-hybridized carbons (Fsp3) is 0.182. The van der Waals surface area contributed by atoms with Gasteiger partial charge in [-0.25, -0.2) is 13.2 Å². The van der Waals surface area contributed by atoms with Crippen molar-refractivity contribution in [1.29, 1.82) is 0 Å². The summed E-state index contributed by atoms with van der Waals surface area (Å²) in [5.41, 5.74) is 0. The lowest BCUT2D eigenvalue weighted by molar-refractivity contribution is 0.252. The van der Waals surface area contributed by atoms with E-state index in [1.54, 1.807) is 25.1 Å². The van der Waals surface area contributed by atoms with Crippen molar-refractivity contribution in [2.24, 2.45) is 0 Å². The smallest absolute Gasteiger partial charge is 0.322 e. The summed E-state index contributed by atoms with van der Waals surface area (Å²) in [6.07, 6.45) is 0. The number of sulfonamides is 1. The van der Waals surface area contributed by atoms with E-state index >= 15 is 0 Å². The number of aromatic nitrogens is 2. The topological polar surface area (TPSA) is 113 Å². The molecule has 0 saturated carbocycles. The number of nitrogens with zero attached hydrogens (tertiary/aromatic N) is 2. The van der Waals surface area contributed by atoms with Crippen LogP contribution in [-0.4, -0.2) is 31.3 Å². The van der Waals surface area contributed by atoms with Crippen molar-refractivity contribution in [1.82, 2.24) is 20.2 Å². The number of urea groups is 1. The molecule has 0 unspecified atom stereocenters. The van der Waals surface area contributed by atoms with Gasteiger partial charge >= 0.3 is 6.03 Å². The lowest BCUT2D eigenvalue weighted by atomic mass is 10.4. The minimum Gasteiger partial charge on any atom is -0.324 e. The summed E-state index contributed by atoms with van der Waals surface area (Å²) < 4.78 is 26.0. The first-order valence-electron chi connectivity index (χ1n) is 5.87. The molecule has 2 aromatic rings. The lowest BCUT2D eigenvalue weighted by Gasteiger charge is -2.08. The quantitative estimate of drug-likeness (QED) is 0.706. The van der Waals surface area contributed by atoms with Gasteiger partial charge in [-0.05, 0) is 19.1 Å². The van der Waals surface area contributed by atoms with Crippen LogP contribution in [0.3, 0.4) is 0 Å². The Kier molecular flexibility index (Phi) is 4.83. The zero-order valence-corrected chi connectivity index (χ0v) is 12.7. The average Bonchev–Trinajstić information content (AvgIpc) is 2.85. The number of nitrogens with one attached hydrogen (secondary N) is 3. The van der Waals surface area contributed by atoms with Crippen LogP contribution in [0.5, 0.6) is 0 Å². The molecule has 0 aliphatic carbocycles. The van der Waals surface area contributed by atoms with Crippen molar-refractivity contribution in [3.63, 3.8) is 0 Å². The monoisotopic (exact) mass is 327 g/mol. The molecule has 0 spiro atoms. The molecule has 0 aliphatic heterocycles. The van der Waals surface area contributed by atoms with Gasteiger partial charge in [0.2, 0.25) is 15.2 Å². The highest BCUT2D eigenvalue weighted by Gasteiger charge is 2.13. The van der Waals surface area contributed by atoms with Crippen LogP contribution in [0.25, 0.3) is 0 Å². The van der Waals surface area contributed by atoms with E-state index in [0.29, 0.717) is 5.13 Å². The van der Waals surface area contributed by atoms with E-state index in [1.165, 1.54) is 23.5 Å². The Labute approximate surface area is 125 Å². The van der Waals surface area contributed by atoms with E-state index in [1.807, 2.05) is 0 Å². The Bertz CT molecular complexity index is 714. The summed E-state index contributed by atoms with van der Waals surface area (Å²) >= 11 is 1.22. The Balaban J connectivity index is 1.82. The van der Waals surface area contributed by atoms with Crippen LogP contribution in [-0.2, 0) is 10.0 Å². The van der Waals surface area contributed by atoms with E-state index in [-0.39, 0.29) is 11.6 Å². The Morgan fingerprint density at radius 2 is 1.95 bits per heavy atom. The third kappa shape index (κ3) is 4.48. The normalized spacial score (nSPS) is 11.1. The van der Waals surface area contributed by atoms with E-state index in [4.69, 9.17) is 0 Å². The first-order valence-corrected chi connectivity index (χ1v) is 8.17. The van der Waals surface area contributed by atoms with Gasteiger partial charge in [0.25, 0.3) is 0 Å². The maximum absolute atomic E-state index is 11.9. The molecular formula is C11H13N5O3S2. The van der Waals surface area contributed by atoms with Gasteiger partial charge < -0.3 is 5.32 Å². The zero-order valence-electron chi connectivity index (χ0n) is 11.0. The molecule has 0 fully saturated rings. The fourth-order valence-electron chi connectivity index (χ4n) is 1.38. The highest BCUT2D eigenvalue weighted by atomic mass is 32.2. The molecule has 0 atom stereocenters. The Morgan fingerprint density at radius 1 is 1.24 bits per heavy atom.